The van der Waals surface area contributed by atoms with E-state index in [-0.39, 0.29) is 21.7 Å². The first-order valence-corrected chi connectivity index (χ1v) is 30.0. The highest BCUT2D eigenvalue weighted by molar-refractivity contribution is 7.99. The molecule has 1 aliphatic heterocycles. The topological polar surface area (TPSA) is 16.4 Å². The van der Waals surface area contributed by atoms with E-state index in [2.05, 4.69) is 288 Å². The molecule has 2 heterocycles. The Morgan fingerprint density at radius 2 is 0.691 bits per heavy atom. The van der Waals surface area contributed by atoms with Crippen LogP contribution < -0.4 is 4.90 Å². The molecule has 11 aromatic rings. The second-order valence-electron chi connectivity index (χ2n) is 27.7. The molecule has 3 aliphatic carbocycles. The zero-order valence-corrected chi connectivity index (χ0v) is 49.6. The quantitative estimate of drug-likeness (QED) is 0.175. The number of hydrogen-bond donors (Lipinski definition) is 0. The largest absolute Gasteiger partial charge is 0.456 e. The number of hydrogen-bond acceptors (Lipinski definition) is 3. The van der Waals surface area contributed by atoms with Crippen LogP contribution in [0.3, 0.4) is 0 Å². The summed E-state index contributed by atoms with van der Waals surface area (Å²) in [5, 5.41) is 2.20. The van der Waals surface area contributed by atoms with E-state index in [1.165, 1.54) is 110 Å². The van der Waals surface area contributed by atoms with E-state index in [0.29, 0.717) is 0 Å². The van der Waals surface area contributed by atoms with Crippen molar-refractivity contribution in [1.29, 1.82) is 0 Å². The maximum absolute atomic E-state index is 6.80. The van der Waals surface area contributed by atoms with Gasteiger partial charge in [0.05, 0.1) is 21.9 Å². The molecule has 0 bridgehead atoms. The minimum absolute atomic E-state index is 0.0571. The lowest BCUT2D eigenvalue weighted by atomic mass is 9.65. The Bertz CT molecular complexity index is 4370. The summed E-state index contributed by atoms with van der Waals surface area (Å²) in [4.78, 5) is 5.19. The SMILES string of the molecule is CC(C)(C)c1ccc2c(c1)C1(c3cc(C(C)(C)C)ccc3S2)c2ccccc2-c2ccc(N(c3ccc4c(c3)C3(c5ccccc5-4)c4cc(C(C)(C)C)ccc4-c4ccc(C(C)(C)C)cc43)c3cccc4oc5ccccc5c34)cc21. The fourth-order valence-corrected chi connectivity index (χ4v) is 15.8. The van der Waals surface area contributed by atoms with Gasteiger partial charge in [-0.1, -0.05) is 240 Å². The second kappa shape index (κ2) is 16.9. The lowest BCUT2D eigenvalue weighted by molar-refractivity contribution is 0.581. The fourth-order valence-electron chi connectivity index (χ4n) is 14.6. The molecule has 2 nitrogen and oxygen atoms in total. The molecule has 3 heteroatoms. The molecule has 0 amide bonds. The number of para-hydroxylation sites is 1. The molecule has 0 saturated heterocycles. The summed E-state index contributed by atoms with van der Waals surface area (Å²) in [5.41, 5.74) is 27.5. The van der Waals surface area contributed by atoms with Crippen molar-refractivity contribution >= 4 is 50.8 Å². The Morgan fingerprint density at radius 3 is 1.17 bits per heavy atom. The van der Waals surface area contributed by atoms with Crippen LogP contribution in [0, 0.1) is 0 Å². The molecular formula is C78H69NOS. The maximum Gasteiger partial charge on any atom is 0.137 e. The summed E-state index contributed by atoms with van der Waals surface area (Å²) in [5.74, 6) is 0. The number of anilines is 3. The molecule has 2 spiro atoms. The maximum atomic E-state index is 6.80. The predicted octanol–water partition coefficient (Wildman–Crippen LogP) is 21.4. The monoisotopic (exact) mass is 1070 g/mol. The molecule has 398 valence electrons. The summed E-state index contributed by atoms with van der Waals surface area (Å²) >= 11 is 1.93. The predicted molar refractivity (Wildman–Crippen MR) is 341 cm³/mol. The van der Waals surface area contributed by atoms with Crippen LogP contribution in [0.5, 0.6) is 0 Å². The number of fused-ring (bicyclic) bond motifs is 22. The van der Waals surface area contributed by atoms with Gasteiger partial charge in [0.15, 0.2) is 0 Å². The van der Waals surface area contributed by atoms with Crippen LogP contribution in [-0.4, -0.2) is 0 Å². The molecule has 0 fully saturated rings. The van der Waals surface area contributed by atoms with Crippen molar-refractivity contribution < 1.29 is 4.42 Å². The Hall–Kier alpha value is -7.85. The number of nitrogens with zero attached hydrogens (tertiary/aromatic N) is 1. The molecule has 15 rings (SSSR count). The van der Waals surface area contributed by atoms with Crippen molar-refractivity contribution in [3.8, 4) is 33.4 Å². The summed E-state index contributed by atoms with van der Waals surface area (Å²) in [7, 11) is 0. The minimum Gasteiger partial charge on any atom is -0.456 e. The molecule has 10 aromatic carbocycles. The number of benzene rings is 10. The molecule has 1 aromatic heterocycles. The summed E-state index contributed by atoms with van der Waals surface area (Å²) < 4.78 is 6.80. The van der Waals surface area contributed by atoms with Crippen LogP contribution in [0.1, 0.15) is 150 Å². The average molecular weight is 1070 g/mol. The first kappa shape index (κ1) is 50.1. The van der Waals surface area contributed by atoms with Crippen molar-refractivity contribution in [3.05, 3.63) is 267 Å². The Kier molecular flexibility index (Phi) is 10.4. The van der Waals surface area contributed by atoms with Crippen molar-refractivity contribution in [2.24, 2.45) is 0 Å². The van der Waals surface area contributed by atoms with Gasteiger partial charge < -0.3 is 9.32 Å². The normalized spacial score (nSPS) is 15.1. The molecule has 4 aliphatic rings. The standard InChI is InChI=1S/C78H69NOS/c1-73(2,3)46-28-34-54-55-35-29-47(74(4,5)6)41-62(55)77(61(54)40-46)59-23-16-13-20-52(59)56-36-32-50(44-63(56)77)79(67-25-19-27-69-72(67)58-22-15-18-26-68(58)80-69)51-33-37-57-53-21-14-17-24-60(53)78(64(57)45-51)65-42-48(75(7,8)9)30-38-70(65)81-71-39-31-49(43-66(71)78)76(10,11)12/h13-45H,1-12H3. The van der Waals surface area contributed by atoms with Gasteiger partial charge in [-0.05, 0) is 176 Å². The van der Waals surface area contributed by atoms with Gasteiger partial charge >= 0.3 is 0 Å². The van der Waals surface area contributed by atoms with Crippen LogP contribution in [0.15, 0.2) is 214 Å². The Labute approximate surface area is 482 Å². The van der Waals surface area contributed by atoms with E-state index in [1.54, 1.807) is 0 Å². The van der Waals surface area contributed by atoms with Crippen LogP contribution in [0.2, 0.25) is 0 Å². The third kappa shape index (κ3) is 7.00. The van der Waals surface area contributed by atoms with E-state index in [0.717, 1.165) is 39.0 Å². The fraction of sp³-hybridized carbons (Fsp3) is 0.231. The third-order valence-corrected chi connectivity index (χ3v) is 19.9. The van der Waals surface area contributed by atoms with Crippen LogP contribution in [-0.2, 0) is 32.5 Å². The number of rotatable bonds is 3. The molecular weight excluding hydrogens is 999 g/mol. The lowest BCUT2D eigenvalue weighted by Gasteiger charge is -2.41. The van der Waals surface area contributed by atoms with Crippen molar-refractivity contribution in [1.82, 2.24) is 0 Å². The van der Waals surface area contributed by atoms with Crippen LogP contribution in [0.4, 0.5) is 17.1 Å². The molecule has 0 saturated carbocycles. The van der Waals surface area contributed by atoms with Crippen molar-refractivity contribution in [2.75, 3.05) is 4.90 Å². The van der Waals surface area contributed by atoms with Gasteiger partial charge in [-0.15, -0.1) is 0 Å². The van der Waals surface area contributed by atoms with Crippen molar-refractivity contribution in [3.63, 3.8) is 0 Å². The highest BCUT2D eigenvalue weighted by atomic mass is 32.2. The smallest absolute Gasteiger partial charge is 0.137 e. The van der Waals surface area contributed by atoms with E-state index < -0.39 is 10.8 Å². The second-order valence-corrected chi connectivity index (χ2v) is 28.8. The van der Waals surface area contributed by atoms with Gasteiger partial charge in [0.25, 0.3) is 0 Å². The zero-order valence-electron chi connectivity index (χ0n) is 48.8. The molecule has 81 heavy (non-hydrogen) atoms. The first-order valence-electron chi connectivity index (χ1n) is 29.1. The Balaban J connectivity index is 1.06. The molecule has 0 N–H and O–H groups in total. The summed E-state index contributed by atoms with van der Waals surface area (Å²) in [6, 6.07) is 78.0. The zero-order chi connectivity index (χ0) is 55.9. The van der Waals surface area contributed by atoms with E-state index >= 15 is 0 Å². The summed E-state index contributed by atoms with van der Waals surface area (Å²) in [6.45, 7) is 28.2. The van der Waals surface area contributed by atoms with E-state index in [1.807, 2.05) is 11.8 Å². The van der Waals surface area contributed by atoms with Gasteiger partial charge in [-0.3, -0.25) is 0 Å². The average Bonchev–Trinajstić information content (AvgIpc) is 3.41. The minimum atomic E-state index is -0.614. The third-order valence-electron chi connectivity index (χ3n) is 18.8. The van der Waals surface area contributed by atoms with Crippen LogP contribution in [0.25, 0.3) is 55.3 Å². The molecule has 0 atom stereocenters. The highest BCUT2D eigenvalue weighted by Gasteiger charge is 2.54. The van der Waals surface area contributed by atoms with Gasteiger partial charge in [0.1, 0.15) is 11.2 Å². The van der Waals surface area contributed by atoms with E-state index in [4.69, 9.17) is 4.42 Å². The molecule has 0 unspecified atom stereocenters. The van der Waals surface area contributed by atoms with Crippen molar-refractivity contribution in [2.45, 2.75) is 125 Å². The van der Waals surface area contributed by atoms with Gasteiger partial charge in [-0.25, -0.2) is 0 Å². The van der Waals surface area contributed by atoms with E-state index in [9.17, 15) is 0 Å². The van der Waals surface area contributed by atoms with Gasteiger partial charge in [0, 0.05) is 26.6 Å². The Morgan fingerprint density at radius 1 is 0.321 bits per heavy atom. The van der Waals surface area contributed by atoms with Gasteiger partial charge in [-0.2, -0.15) is 0 Å². The lowest BCUT2D eigenvalue weighted by Crippen LogP contribution is -2.33. The number of furan rings is 1. The first-order chi connectivity index (χ1) is 38.7. The van der Waals surface area contributed by atoms with Gasteiger partial charge in [0.2, 0.25) is 0 Å². The summed E-state index contributed by atoms with van der Waals surface area (Å²) in [6.07, 6.45) is 0. The molecule has 0 radical (unpaired) electrons. The van der Waals surface area contributed by atoms with Crippen LogP contribution >= 0.6 is 11.8 Å². The highest BCUT2D eigenvalue weighted by Crippen LogP contribution is 2.66.